The van der Waals surface area contributed by atoms with E-state index in [4.69, 9.17) is 4.99 Å². The van der Waals surface area contributed by atoms with Gasteiger partial charge in [0.15, 0.2) is 5.84 Å². The fourth-order valence-electron chi connectivity index (χ4n) is 6.30. The van der Waals surface area contributed by atoms with E-state index in [1.54, 1.807) is 0 Å². The van der Waals surface area contributed by atoms with Gasteiger partial charge in [-0.15, -0.1) is 11.3 Å². The van der Waals surface area contributed by atoms with E-state index < -0.39 is 0 Å². The normalized spacial score (nSPS) is 11.4. The molecule has 1 heterocycles. The number of hydrogen-bond donors (Lipinski definition) is 1. The molecular formula is C43H34N4S. The molecule has 8 rings (SSSR count). The Morgan fingerprint density at radius 3 is 2.00 bits per heavy atom. The summed E-state index contributed by atoms with van der Waals surface area (Å²) in [5, 5.41) is 10.7. The van der Waals surface area contributed by atoms with Crippen LogP contribution in [0.15, 0.2) is 161 Å². The SMILES string of the molecule is C=NC(=Nc1c(-c2ccccc2NC)c2c3ccc4ccccc4c3sc2c2ccccc12)c1ccccc1.C=NCc1ccccc1. The van der Waals surface area contributed by atoms with Crippen LogP contribution in [0.3, 0.4) is 0 Å². The Morgan fingerprint density at radius 1 is 0.625 bits per heavy atom. The highest BCUT2D eigenvalue weighted by molar-refractivity contribution is 7.27. The Bertz CT molecular complexity index is 2440. The average Bonchev–Trinajstić information content (AvgIpc) is 3.55. The van der Waals surface area contributed by atoms with Gasteiger partial charge in [0, 0.05) is 60.4 Å². The topological polar surface area (TPSA) is 49.1 Å². The van der Waals surface area contributed by atoms with Crippen molar-refractivity contribution in [3.8, 4) is 11.1 Å². The van der Waals surface area contributed by atoms with Gasteiger partial charge in [0.2, 0.25) is 0 Å². The summed E-state index contributed by atoms with van der Waals surface area (Å²) in [4.78, 5) is 13.4. The maximum Gasteiger partial charge on any atom is 0.159 e. The second-order valence-electron chi connectivity index (χ2n) is 11.4. The second-order valence-corrected chi connectivity index (χ2v) is 12.4. The van der Waals surface area contributed by atoms with Gasteiger partial charge in [0.1, 0.15) is 0 Å². The number of fused-ring (bicyclic) bond motifs is 7. The van der Waals surface area contributed by atoms with Crippen LogP contribution in [0.25, 0.3) is 52.8 Å². The molecule has 5 heteroatoms. The third-order valence-electron chi connectivity index (χ3n) is 8.50. The lowest BCUT2D eigenvalue weighted by atomic mass is 9.91. The number of hydrogen-bond acceptors (Lipinski definition) is 4. The lowest BCUT2D eigenvalue weighted by Gasteiger charge is -2.17. The van der Waals surface area contributed by atoms with E-state index >= 15 is 0 Å². The van der Waals surface area contributed by atoms with Gasteiger partial charge in [-0.05, 0) is 35.8 Å². The zero-order valence-corrected chi connectivity index (χ0v) is 27.5. The minimum absolute atomic E-state index is 0.605. The molecule has 1 aromatic heterocycles. The molecule has 0 aliphatic heterocycles. The van der Waals surface area contributed by atoms with Gasteiger partial charge >= 0.3 is 0 Å². The quantitative estimate of drug-likeness (QED) is 0.143. The summed E-state index contributed by atoms with van der Waals surface area (Å²) in [5.74, 6) is 0.605. The van der Waals surface area contributed by atoms with Crippen molar-refractivity contribution in [1.82, 2.24) is 0 Å². The number of thiophene rings is 1. The molecule has 4 nitrogen and oxygen atoms in total. The summed E-state index contributed by atoms with van der Waals surface area (Å²) < 4.78 is 2.56. The fraction of sp³-hybridized carbons (Fsp3) is 0.0465. The molecule has 1 N–H and O–H groups in total. The van der Waals surface area contributed by atoms with Crippen LogP contribution in [0.5, 0.6) is 0 Å². The number of benzene rings is 7. The number of aliphatic imine (C=N–C) groups is 3. The predicted octanol–water partition coefficient (Wildman–Crippen LogP) is 11.7. The molecule has 0 saturated carbocycles. The van der Waals surface area contributed by atoms with E-state index in [0.29, 0.717) is 5.84 Å². The molecule has 0 radical (unpaired) electrons. The van der Waals surface area contributed by atoms with Crippen molar-refractivity contribution in [2.45, 2.75) is 6.54 Å². The summed E-state index contributed by atoms with van der Waals surface area (Å²) >= 11 is 1.87. The first-order chi connectivity index (χ1) is 23.7. The summed E-state index contributed by atoms with van der Waals surface area (Å²) in [6.07, 6.45) is 0. The van der Waals surface area contributed by atoms with Crippen LogP contribution in [0.2, 0.25) is 0 Å². The van der Waals surface area contributed by atoms with Crippen molar-refractivity contribution in [1.29, 1.82) is 0 Å². The van der Waals surface area contributed by atoms with Gasteiger partial charge in [-0.3, -0.25) is 4.99 Å². The Hall–Kier alpha value is -5.91. The van der Waals surface area contributed by atoms with Gasteiger partial charge in [-0.2, -0.15) is 0 Å². The lowest BCUT2D eigenvalue weighted by Crippen LogP contribution is -1.97. The Morgan fingerprint density at radius 2 is 1.27 bits per heavy atom. The van der Waals surface area contributed by atoms with Crippen LogP contribution >= 0.6 is 11.3 Å². The molecule has 0 aliphatic carbocycles. The van der Waals surface area contributed by atoms with Crippen molar-refractivity contribution >= 4 is 83.7 Å². The lowest BCUT2D eigenvalue weighted by molar-refractivity contribution is 1.08. The smallest absolute Gasteiger partial charge is 0.159 e. The molecular weight excluding hydrogens is 605 g/mol. The summed E-state index contributed by atoms with van der Waals surface area (Å²) in [5.41, 5.74) is 6.32. The number of anilines is 1. The summed E-state index contributed by atoms with van der Waals surface area (Å²) in [6, 6.07) is 50.3. The molecule has 0 spiro atoms. The van der Waals surface area contributed by atoms with E-state index in [1.165, 1.54) is 41.9 Å². The Labute approximate surface area is 284 Å². The molecule has 0 fully saturated rings. The van der Waals surface area contributed by atoms with E-state index in [-0.39, 0.29) is 0 Å². The molecule has 0 atom stereocenters. The van der Waals surface area contributed by atoms with Gasteiger partial charge < -0.3 is 5.32 Å². The Kier molecular flexibility index (Phi) is 8.86. The largest absolute Gasteiger partial charge is 0.388 e. The van der Waals surface area contributed by atoms with Crippen molar-refractivity contribution in [2.24, 2.45) is 15.0 Å². The number of nitrogens with one attached hydrogen (secondary N) is 1. The van der Waals surface area contributed by atoms with Crippen molar-refractivity contribution in [3.63, 3.8) is 0 Å². The van der Waals surface area contributed by atoms with Crippen LogP contribution < -0.4 is 5.32 Å². The monoisotopic (exact) mass is 638 g/mol. The first-order valence-electron chi connectivity index (χ1n) is 15.8. The molecule has 0 unspecified atom stereocenters. The maximum atomic E-state index is 5.29. The molecule has 0 saturated heterocycles. The van der Waals surface area contributed by atoms with E-state index in [2.05, 4.69) is 114 Å². The maximum absolute atomic E-state index is 5.29. The van der Waals surface area contributed by atoms with Crippen LogP contribution in [-0.2, 0) is 6.54 Å². The van der Waals surface area contributed by atoms with Crippen LogP contribution in [0.4, 0.5) is 11.4 Å². The third-order valence-corrected chi connectivity index (χ3v) is 9.77. The van der Waals surface area contributed by atoms with Gasteiger partial charge in [0.05, 0.1) is 12.2 Å². The van der Waals surface area contributed by atoms with Gasteiger partial charge in [-0.25, -0.2) is 9.98 Å². The molecule has 48 heavy (non-hydrogen) atoms. The summed E-state index contributed by atoms with van der Waals surface area (Å²) in [6.45, 7) is 8.02. The highest BCUT2D eigenvalue weighted by atomic mass is 32.1. The zero-order chi connectivity index (χ0) is 32.9. The minimum Gasteiger partial charge on any atom is -0.388 e. The van der Waals surface area contributed by atoms with Crippen LogP contribution in [-0.4, -0.2) is 26.3 Å². The average molecular weight is 639 g/mol. The number of para-hydroxylation sites is 1. The minimum atomic E-state index is 0.605. The molecule has 8 aromatic rings. The van der Waals surface area contributed by atoms with E-state index in [0.717, 1.165) is 40.0 Å². The van der Waals surface area contributed by atoms with Crippen LogP contribution in [0, 0.1) is 0 Å². The first kappa shape index (κ1) is 30.7. The highest BCUT2D eigenvalue weighted by Crippen LogP contribution is 2.52. The molecule has 232 valence electrons. The summed E-state index contributed by atoms with van der Waals surface area (Å²) in [7, 11) is 1.97. The standard InChI is InChI=1S/C35H25N3S.C8H9N/c1-36-29-19-11-10-18-27(29)30-31-28-21-20-22-12-6-7-15-24(22)33(28)39-34(31)26-17-9-8-16-25(26)32(30)38-35(37-2)23-13-4-3-5-14-23;1-9-7-8-5-3-2-4-6-8/h3-21,36H,2H2,1H3;2-6H,1,7H2. The number of amidine groups is 1. The zero-order valence-electron chi connectivity index (χ0n) is 26.7. The van der Waals surface area contributed by atoms with Crippen molar-refractivity contribution in [2.75, 3.05) is 12.4 Å². The third kappa shape index (κ3) is 5.76. The molecule has 0 aliphatic rings. The van der Waals surface area contributed by atoms with Crippen molar-refractivity contribution < 1.29 is 0 Å². The number of rotatable bonds is 6. The fourth-order valence-corrected chi connectivity index (χ4v) is 7.68. The number of nitrogens with zero attached hydrogens (tertiary/aromatic N) is 3. The Balaban J connectivity index is 0.000000353. The molecule has 0 amide bonds. The van der Waals surface area contributed by atoms with Gasteiger partial charge in [-0.1, -0.05) is 140 Å². The predicted molar refractivity (Wildman–Crippen MR) is 211 cm³/mol. The second kappa shape index (κ2) is 13.8. The highest BCUT2D eigenvalue weighted by Gasteiger charge is 2.22. The van der Waals surface area contributed by atoms with Crippen molar-refractivity contribution in [3.05, 3.63) is 157 Å². The van der Waals surface area contributed by atoms with Gasteiger partial charge in [0.25, 0.3) is 0 Å². The molecule has 7 aromatic carbocycles. The van der Waals surface area contributed by atoms with Crippen LogP contribution in [0.1, 0.15) is 11.1 Å². The molecule has 0 bridgehead atoms. The van der Waals surface area contributed by atoms with E-state index in [9.17, 15) is 0 Å². The first-order valence-corrected chi connectivity index (χ1v) is 16.7. The van der Waals surface area contributed by atoms with E-state index in [1.807, 2.05) is 79.0 Å².